The quantitative estimate of drug-likeness (QED) is 0.549. The maximum absolute atomic E-state index is 10.8. The molecule has 2 rings (SSSR count). The van der Waals surface area contributed by atoms with Gasteiger partial charge in [-0.2, -0.15) is 4.73 Å². The van der Waals surface area contributed by atoms with Crippen LogP contribution in [0.5, 0.6) is 0 Å². The molecule has 1 aromatic carbocycles. The number of hydrogen-bond donors (Lipinski definition) is 0. The Bertz CT molecular complexity index is 408. The monoisotopic (exact) mass is 199 g/mol. The fourth-order valence-corrected chi connectivity index (χ4v) is 1.54. The first-order valence-corrected chi connectivity index (χ1v) is 5.06. The molecule has 0 aliphatic carbocycles. The fraction of sp³-hybridized carbons (Fsp3) is 0.154. The Hall–Kier alpha value is -1.83. The third kappa shape index (κ3) is 2.81. The standard InChI is InChI=1S/C13H13NO/c15-14-10-8-13(9-11-14)7-6-12-4-2-1-3-5-12/h1-5,8-11H,6-7H2. The zero-order chi connectivity index (χ0) is 10.5. The fourth-order valence-electron chi connectivity index (χ4n) is 1.54. The summed E-state index contributed by atoms with van der Waals surface area (Å²) in [7, 11) is 0. The summed E-state index contributed by atoms with van der Waals surface area (Å²) in [5.74, 6) is 0. The Morgan fingerprint density at radius 2 is 1.33 bits per heavy atom. The summed E-state index contributed by atoms with van der Waals surface area (Å²) in [6.45, 7) is 0. The number of hydrogen-bond acceptors (Lipinski definition) is 1. The largest absolute Gasteiger partial charge is 0.619 e. The molecule has 0 bridgehead atoms. The molecule has 1 aromatic heterocycles. The van der Waals surface area contributed by atoms with Gasteiger partial charge >= 0.3 is 0 Å². The van der Waals surface area contributed by atoms with Crippen molar-refractivity contribution >= 4 is 0 Å². The van der Waals surface area contributed by atoms with E-state index in [0.29, 0.717) is 0 Å². The summed E-state index contributed by atoms with van der Waals surface area (Å²) in [6.07, 6.45) is 5.08. The molecule has 0 saturated carbocycles. The average Bonchev–Trinajstić information content (AvgIpc) is 2.30. The molecule has 2 heteroatoms. The molecule has 15 heavy (non-hydrogen) atoms. The van der Waals surface area contributed by atoms with Gasteiger partial charge in [-0.15, -0.1) is 0 Å². The maximum atomic E-state index is 10.8. The molecule has 0 atom stereocenters. The minimum atomic E-state index is 0.812. The van der Waals surface area contributed by atoms with Crippen LogP contribution in [0.2, 0.25) is 0 Å². The molecular formula is C13H13NO. The van der Waals surface area contributed by atoms with E-state index in [9.17, 15) is 5.21 Å². The van der Waals surface area contributed by atoms with Crippen LogP contribution in [-0.2, 0) is 12.8 Å². The van der Waals surface area contributed by atoms with E-state index in [2.05, 4.69) is 12.1 Å². The predicted octanol–water partition coefficient (Wildman–Crippen LogP) is 2.11. The van der Waals surface area contributed by atoms with Crippen molar-refractivity contribution in [3.05, 3.63) is 71.2 Å². The minimum absolute atomic E-state index is 0.812. The van der Waals surface area contributed by atoms with Crippen molar-refractivity contribution < 1.29 is 4.73 Å². The molecule has 0 radical (unpaired) electrons. The summed E-state index contributed by atoms with van der Waals surface area (Å²) in [5, 5.41) is 10.8. The lowest BCUT2D eigenvalue weighted by atomic mass is 10.1. The van der Waals surface area contributed by atoms with Crippen LogP contribution in [0, 0.1) is 5.21 Å². The lowest BCUT2D eigenvalue weighted by molar-refractivity contribution is -0.605. The SMILES string of the molecule is [O-][n+]1ccc(CCc2ccccc2)cc1. The Balaban J connectivity index is 1.96. The van der Waals surface area contributed by atoms with Crippen LogP contribution in [0.4, 0.5) is 0 Å². The molecule has 2 aromatic rings. The molecule has 0 aliphatic heterocycles. The summed E-state index contributed by atoms with van der Waals surface area (Å²) in [5.41, 5.74) is 2.53. The number of nitrogens with zero attached hydrogens (tertiary/aromatic N) is 1. The summed E-state index contributed by atoms with van der Waals surface area (Å²) in [4.78, 5) is 0. The normalized spacial score (nSPS) is 10.1. The Labute approximate surface area is 89.4 Å². The Morgan fingerprint density at radius 3 is 1.93 bits per heavy atom. The molecule has 0 N–H and O–H groups in total. The second-order valence-electron chi connectivity index (χ2n) is 3.55. The van der Waals surface area contributed by atoms with E-state index in [1.165, 1.54) is 11.1 Å². The van der Waals surface area contributed by atoms with Gasteiger partial charge in [0.25, 0.3) is 0 Å². The second kappa shape index (κ2) is 4.60. The van der Waals surface area contributed by atoms with Crippen molar-refractivity contribution in [1.29, 1.82) is 0 Å². The smallest absolute Gasteiger partial charge is 0.180 e. The van der Waals surface area contributed by atoms with Crippen LogP contribution in [0.15, 0.2) is 54.9 Å². The van der Waals surface area contributed by atoms with E-state index in [1.54, 1.807) is 12.4 Å². The van der Waals surface area contributed by atoms with Crippen molar-refractivity contribution in [1.82, 2.24) is 0 Å². The van der Waals surface area contributed by atoms with Crippen molar-refractivity contribution in [3.63, 3.8) is 0 Å². The molecule has 2 nitrogen and oxygen atoms in total. The van der Waals surface area contributed by atoms with Gasteiger partial charge in [0.2, 0.25) is 0 Å². The highest BCUT2D eigenvalue weighted by Crippen LogP contribution is 2.05. The zero-order valence-electron chi connectivity index (χ0n) is 8.47. The summed E-state index contributed by atoms with van der Waals surface area (Å²) < 4.78 is 0.812. The summed E-state index contributed by atoms with van der Waals surface area (Å²) in [6, 6.07) is 14.1. The van der Waals surface area contributed by atoms with Gasteiger partial charge in [-0.1, -0.05) is 30.3 Å². The first kappa shape index (κ1) is 9.71. The zero-order valence-corrected chi connectivity index (χ0v) is 8.47. The molecule has 0 aliphatic rings. The van der Waals surface area contributed by atoms with Gasteiger partial charge in [0.1, 0.15) is 0 Å². The Kier molecular flexibility index (Phi) is 2.98. The molecule has 1 heterocycles. The number of pyridine rings is 1. The third-order valence-corrected chi connectivity index (χ3v) is 2.42. The van der Waals surface area contributed by atoms with Gasteiger partial charge in [-0.25, -0.2) is 0 Å². The predicted molar refractivity (Wildman–Crippen MR) is 59.3 cm³/mol. The molecule has 0 saturated heterocycles. The van der Waals surface area contributed by atoms with Crippen LogP contribution in [0.25, 0.3) is 0 Å². The van der Waals surface area contributed by atoms with Crippen LogP contribution < -0.4 is 4.73 Å². The van der Waals surface area contributed by atoms with Crippen LogP contribution in [0.1, 0.15) is 11.1 Å². The van der Waals surface area contributed by atoms with Crippen LogP contribution >= 0.6 is 0 Å². The maximum Gasteiger partial charge on any atom is 0.180 e. The van der Waals surface area contributed by atoms with Gasteiger partial charge < -0.3 is 5.21 Å². The van der Waals surface area contributed by atoms with E-state index < -0.39 is 0 Å². The first-order valence-electron chi connectivity index (χ1n) is 5.06. The van der Waals surface area contributed by atoms with Gasteiger partial charge in [-0.3, -0.25) is 0 Å². The molecule has 76 valence electrons. The lowest BCUT2D eigenvalue weighted by Gasteiger charge is -2.01. The van der Waals surface area contributed by atoms with Crippen molar-refractivity contribution in [2.45, 2.75) is 12.8 Å². The molecule has 0 fully saturated rings. The van der Waals surface area contributed by atoms with E-state index in [0.717, 1.165) is 17.6 Å². The van der Waals surface area contributed by atoms with Crippen molar-refractivity contribution in [2.24, 2.45) is 0 Å². The molecular weight excluding hydrogens is 186 g/mol. The molecule has 0 spiro atoms. The first-order chi connectivity index (χ1) is 7.34. The van der Waals surface area contributed by atoms with E-state index in [-0.39, 0.29) is 0 Å². The second-order valence-corrected chi connectivity index (χ2v) is 3.55. The minimum Gasteiger partial charge on any atom is -0.619 e. The van der Waals surface area contributed by atoms with Crippen LogP contribution in [-0.4, -0.2) is 0 Å². The van der Waals surface area contributed by atoms with Gasteiger partial charge in [0.05, 0.1) is 0 Å². The van der Waals surface area contributed by atoms with Crippen LogP contribution in [0.3, 0.4) is 0 Å². The van der Waals surface area contributed by atoms with Gasteiger partial charge in [0.15, 0.2) is 12.4 Å². The third-order valence-electron chi connectivity index (χ3n) is 2.42. The molecule has 0 unspecified atom stereocenters. The highest BCUT2D eigenvalue weighted by molar-refractivity contribution is 5.17. The average molecular weight is 199 g/mol. The van der Waals surface area contributed by atoms with E-state index in [1.807, 2.05) is 30.3 Å². The summed E-state index contributed by atoms with van der Waals surface area (Å²) >= 11 is 0. The number of aryl methyl sites for hydroxylation is 2. The van der Waals surface area contributed by atoms with Crippen molar-refractivity contribution in [2.75, 3.05) is 0 Å². The molecule has 0 amide bonds. The lowest BCUT2D eigenvalue weighted by Crippen LogP contribution is -2.23. The highest BCUT2D eigenvalue weighted by Gasteiger charge is 1.96. The number of benzene rings is 1. The Morgan fingerprint density at radius 1 is 0.800 bits per heavy atom. The van der Waals surface area contributed by atoms with Gasteiger partial charge in [0, 0.05) is 12.1 Å². The number of rotatable bonds is 3. The number of aromatic nitrogens is 1. The van der Waals surface area contributed by atoms with Crippen molar-refractivity contribution in [3.8, 4) is 0 Å². The van der Waals surface area contributed by atoms with E-state index in [4.69, 9.17) is 0 Å². The van der Waals surface area contributed by atoms with E-state index >= 15 is 0 Å². The van der Waals surface area contributed by atoms with Gasteiger partial charge in [-0.05, 0) is 24.0 Å². The highest BCUT2D eigenvalue weighted by atomic mass is 16.5. The topological polar surface area (TPSA) is 26.9 Å².